The summed E-state index contributed by atoms with van der Waals surface area (Å²) >= 11 is 0. The van der Waals surface area contributed by atoms with Gasteiger partial charge in [-0.05, 0) is 25.7 Å². The van der Waals surface area contributed by atoms with Gasteiger partial charge in [0, 0.05) is 0 Å². The first-order chi connectivity index (χ1) is 11.8. The fraction of sp³-hybridized carbons (Fsp3) is 0.864. The molecule has 0 spiro atoms. The molecule has 0 N–H and O–H groups in total. The van der Waals surface area contributed by atoms with Crippen LogP contribution in [0.1, 0.15) is 110 Å². The second-order valence-electron chi connectivity index (χ2n) is 7.12. The van der Waals surface area contributed by atoms with Gasteiger partial charge in [-0.2, -0.15) is 0 Å². The van der Waals surface area contributed by atoms with Crippen LogP contribution in [0.25, 0.3) is 0 Å². The van der Waals surface area contributed by atoms with E-state index in [4.69, 9.17) is 4.74 Å². The Morgan fingerprint density at radius 1 is 0.833 bits per heavy atom. The molecule has 0 aromatic carbocycles. The highest BCUT2D eigenvalue weighted by molar-refractivity contribution is 5.72. The van der Waals surface area contributed by atoms with E-state index >= 15 is 0 Å². The van der Waals surface area contributed by atoms with Crippen molar-refractivity contribution in [2.24, 2.45) is 5.92 Å². The third-order valence-corrected chi connectivity index (χ3v) is 4.90. The molecule has 0 rings (SSSR count). The third kappa shape index (κ3) is 14.8. The van der Waals surface area contributed by atoms with Gasteiger partial charge in [-0.15, -0.1) is 6.58 Å². The first-order valence-electron chi connectivity index (χ1n) is 10.4. The van der Waals surface area contributed by atoms with Crippen LogP contribution < -0.4 is 0 Å². The maximum Gasteiger partial charge on any atom is 0.308 e. The summed E-state index contributed by atoms with van der Waals surface area (Å²) in [5.41, 5.74) is 0. The predicted octanol–water partition coefficient (Wildman–Crippen LogP) is 7.22. The fourth-order valence-electron chi connectivity index (χ4n) is 3.28. The lowest BCUT2D eigenvalue weighted by Crippen LogP contribution is -2.16. The number of carbonyl (C=O) groups excluding carboxylic acids is 1. The number of ether oxygens (including phenoxy) is 1. The van der Waals surface area contributed by atoms with Crippen LogP contribution in [0.2, 0.25) is 0 Å². The zero-order valence-corrected chi connectivity index (χ0v) is 16.5. The maximum atomic E-state index is 11.9. The van der Waals surface area contributed by atoms with Crippen LogP contribution in [0.4, 0.5) is 0 Å². The zero-order valence-electron chi connectivity index (χ0n) is 16.5. The van der Waals surface area contributed by atoms with Crippen LogP contribution in [0, 0.1) is 5.92 Å². The monoisotopic (exact) mass is 338 g/mol. The first-order valence-corrected chi connectivity index (χ1v) is 10.4. The Kier molecular flexibility index (Phi) is 17.9. The fourth-order valence-corrected chi connectivity index (χ4v) is 3.28. The molecule has 0 radical (unpaired) electrons. The van der Waals surface area contributed by atoms with Crippen LogP contribution >= 0.6 is 0 Å². The van der Waals surface area contributed by atoms with E-state index in [9.17, 15) is 4.79 Å². The van der Waals surface area contributed by atoms with E-state index in [2.05, 4.69) is 13.5 Å². The SMILES string of the molecule is C=CCCCCCCCC(CCCCCCCCCC)C(=O)OC. The van der Waals surface area contributed by atoms with E-state index in [1.807, 2.05) is 6.08 Å². The van der Waals surface area contributed by atoms with Gasteiger partial charge in [-0.1, -0.05) is 90.0 Å². The van der Waals surface area contributed by atoms with E-state index in [0.717, 1.165) is 25.7 Å². The number of methoxy groups -OCH3 is 1. The summed E-state index contributed by atoms with van der Waals surface area (Å²) in [6, 6.07) is 0. The Balaban J connectivity index is 3.67. The van der Waals surface area contributed by atoms with Gasteiger partial charge in [0.2, 0.25) is 0 Å². The molecule has 24 heavy (non-hydrogen) atoms. The molecule has 142 valence electrons. The molecular formula is C22H42O2. The molecule has 0 aromatic rings. The van der Waals surface area contributed by atoms with Gasteiger partial charge >= 0.3 is 5.97 Å². The lowest BCUT2D eigenvalue weighted by molar-refractivity contribution is -0.146. The van der Waals surface area contributed by atoms with E-state index in [0.29, 0.717) is 0 Å². The highest BCUT2D eigenvalue weighted by Gasteiger charge is 2.17. The highest BCUT2D eigenvalue weighted by atomic mass is 16.5. The Hall–Kier alpha value is -0.790. The molecule has 0 aliphatic heterocycles. The molecule has 0 bridgehead atoms. The molecule has 0 saturated carbocycles. The van der Waals surface area contributed by atoms with E-state index in [1.165, 1.54) is 84.2 Å². The van der Waals surface area contributed by atoms with Crippen molar-refractivity contribution in [3.63, 3.8) is 0 Å². The van der Waals surface area contributed by atoms with Gasteiger partial charge in [0.25, 0.3) is 0 Å². The molecule has 0 aliphatic rings. The molecule has 0 aromatic heterocycles. The summed E-state index contributed by atoms with van der Waals surface area (Å²) in [4.78, 5) is 11.9. The molecule has 2 heteroatoms. The van der Waals surface area contributed by atoms with Crippen molar-refractivity contribution in [1.82, 2.24) is 0 Å². The van der Waals surface area contributed by atoms with Crippen LogP contribution in [-0.4, -0.2) is 13.1 Å². The molecule has 0 saturated heterocycles. The molecule has 1 unspecified atom stereocenters. The smallest absolute Gasteiger partial charge is 0.308 e. The highest BCUT2D eigenvalue weighted by Crippen LogP contribution is 2.20. The minimum Gasteiger partial charge on any atom is -0.469 e. The Labute approximate surface area is 151 Å². The minimum atomic E-state index is 0.00426. The molecule has 0 fully saturated rings. The van der Waals surface area contributed by atoms with Crippen molar-refractivity contribution in [3.05, 3.63) is 12.7 Å². The number of hydrogen-bond donors (Lipinski definition) is 0. The number of esters is 1. The van der Waals surface area contributed by atoms with Gasteiger partial charge in [-0.3, -0.25) is 4.79 Å². The number of hydrogen-bond acceptors (Lipinski definition) is 2. The Bertz CT molecular complexity index is 286. The van der Waals surface area contributed by atoms with E-state index < -0.39 is 0 Å². The van der Waals surface area contributed by atoms with Crippen molar-refractivity contribution in [1.29, 1.82) is 0 Å². The molecule has 0 heterocycles. The molecular weight excluding hydrogens is 296 g/mol. The molecule has 0 aliphatic carbocycles. The number of rotatable bonds is 18. The average molecular weight is 339 g/mol. The van der Waals surface area contributed by atoms with Crippen molar-refractivity contribution >= 4 is 5.97 Å². The van der Waals surface area contributed by atoms with Crippen LogP contribution in [0.15, 0.2) is 12.7 Å². The van der Waals surface area contributed by atoms with E-state index in [-0.39, 0.29) is 11.9 Å². The van der Waals surface area contributed by atoms with Gasteiger partial charge < -0.3 is 4.74 Å². The topological polar surface area (TPSA) is 26.3 Å². The largest absolute Gasteiger partial charge is 0.469 e. The molecule has 1 atom stereocenters. The normalized spacial score (nSPS) is 12.1. The quantitative estimate of drug-likeness (QED) is 0.150. The third-order valence-electron chi connectivity index (χ3n) is 4.90. The van der Waals surface area contributed by atoms with Crippen LogP contribution in [0.3, 0.4) is 0 Å². The molecule has 0 amide bonds. The van der Waals surface area contributed by atoms with Gasteiger partial charge in [0.05, 0.1) is 13.0 Å². The molecule has 2 nitrogen and oxygen atoms in total. The second-order valence-corrected chi connectivity index (χ2v) is 7.12. The average Bonchev–Trinajstić information content (AvgIpc) is 2.60. The Morgan fingerprint density at radius 2 is 1.29 bits per heavy atom. The van der Waals surface area contributed by atoms with Crippen LogP contribution in [0.5, 0.6) is 0 Å². The Morgan fingerprint density at radius 3 is 1.75 bits per heavy atom. The van der Waals surface area contributed by atoms with E-state index in [1.54, 1.807) is 0 Å². The lowest BCUT2D eigenvalue weighted by atomic mass is 9.94. The standard InChI is InChI=1S/C22H42O2/c1-4-6-8-10-12-14-16-18-20-21(22(23)24-3)19-17-15-13-11-9-7-5-2/h5,21H,2,4,6-20H2,1,3H3. The lowest BCUT2D eigenvalue weighted by Gasteiger charge is -2.14. The van der Waals surface area contributed by atoms with Crippen molar-refractivity contribution in [2.75, 3.05) is 7.11 Å². The van der Waals surface area contributed by atoms with Gasteiger partial charge in [-0.25, -0.2) is 0 Å². The van der Waals surface area contributed by atoms with Crippen molar-refractivity contribution < 1.29 is 9.53 Å². The summed E-state index contributed by atoms with van der Waals surface area (Å²) in [5, 5.41) is 0. The summed E-state index contributed by atoms with van der Waals surface area (Å²) in [6.07, 6.45) is 21.9. The van der Waals surface area contributed by atoms with Crippen LogP contribution in [-0.2, 0) is 9.53 Å². The second kappa shape index (κ2) is 18.5. The number of unbranched alkanes of at least 4 members (excludes halogenated alkanes) is 12. The van der Waals surface area contributed by atoms with Gasteiger partial charge in [0.1, 0.15) is 0 Å². The summed E-state index contributed by atoms with van der Waals surface area (Å²) < 4.78 is 4.99. The number of allylic oxidation sites excluding steroid dienone is 1. The first kappa shape index (κ1) is 23.2. The van der Waals surface area contributed by atoms with Gasteiger partial charge in [0.15, 0.2) is 0 Å². The predicted molar refractivity (Wildman–Crippen MR) is 105 cm³/mol. The summed E-state index contributed by atoms with van der Waals surface area (Å²) in [5.74, 6) is 0.132. The van der Waals surface area contributed by atoms with Crippen molar-refractivity contribution in [2.45, 2.75) is 110 Å². The summed E-state index contributed by atoms with van der Waals surface area (Å²) in [7, 11) is 1.53. The maximum absolute atomic E-state index is 11.9. The minimum absolute atomic E-state index is 0.00426. The van der Waals surface area contributed by atoms with Crippen molar-refractivity contribution in [3.8, 4) is 0 Å². The number of carbonyl (C=O) groups is 1. The summed E-state index contributed by atoms with van der Waals surface area (Å²) in [6.45, 7) is 6.01. The zero-order chi connectivity index (χ0) is 17.9.